The van der Waals surface area contributed by atoms with Gasteiger partial charge in [0.05, 0.1) is 5.69 Å². The highest BCUT2D eigenvalue weighted by molar-refractivity contribution is 6.35. The molecule has 0 aliphatic heterocycles. The van der Waals surface area contributed by atoms with Crippen LogP contribution < -0.4 is 5.32 Å². The van der Waals surface area contributed by atoms with Gasteiger partial charge in [0.2, 0.25) is 0 Å². The fourth-order valence-electron chi connectivity index (χ4n) is 2.61. The molecule has 0 radical (unpaired) electrons. The molecule has 0 spiro atoms. The standard InChI is InChI=1S/C17H18ClN3/c1-12(19-11-13-9-10-20-21(13)2)14-7-8-17(18)16-6-4-3-5-15(14)16/h3-10,12,19H,11H2,1-2H3. The Balaban J connectivity index is 1.86. The number of halogens is 1. The predicted molar refractivity (Wildman–Crippen MR) is 87.4 cm³/mol. The van der Waals surface area contributed by atoms with Gasteiger partial charge in [-0.3, -0.25) is 4.68 Å². The van der Waals surface area contributed by atoms with Gasteiger partial charge >= 0.3 is 0 Å². The maximum absolute atomic E-state index is 6.28. The van der Waals surface area contributed by atoms with Crippen LogP contribution in [0.2, 0.25) is 5.02 Å². The monoisotopic (exact) mass is 299 g/mol. The molecule has 3 aromatic rings. The summed E-state index contributed by atoms with van der Waals surface area (Å²) >= 11 is 6.28. The van der Waals surface area contributed by atoms with E-state index in [9.17, 15) is 0 Å². The second kappa shape index (κ2) is 5.88. The van der Waals surface area contributed by atoms with E-state index in [4.69, 9.17) is 11.6 Å². The van der Waals surface area contributed by atoms with Crippen LogP contribution in [-0.4, -0.2) is 9.78 Å². The Morgan fingerprint density at radius 1 is 1.14 bits per heavy atom. The van der Waals surface area contributed by atoms with Gasteiger partial charge in [-0.1, -0.05) is 41.9 Å². The number of aryl methyl sites for hydroxylation is 1. The van der Waals surface area contributed by atoms with E-state index in [-0.39, 0.29) is 6.04 Å². The summed E-state index contributed by atoms with van der Waals surface area (Å²) < 4.78 is 1.89. The average Bonchev–Trinajstić information content (AvgIpc) is 2.91. The van der Waals surface area contributed by atoms with Gasteiger partial charge in [0.1, 0.15) is 0 Å². The van der Waals surface area contributed by atoms with E-state index in [2.05, 4.69) is 41.6 Å². The molecule has 0 aliphatic carbocycles. The van der Waals surface area contributed by atoms with Crippen molar-refractivity contribution in [3.05, 3.63) is 64.9 Å². The summed E-state index contributed by atoms with van der Waals surface area (Å²) in [5.41, 5.74) is 2.43. The molecule has 0 aliphatic rings. The molecule has 0 fully saturated rings. The third-order valence-corrected chi connectivity index (χ3v) is 4.21. The molecule has 4 heteroatoms. The van der Waals surface area contributed by atoms with Gasteiger partial charge in [-0.2, -0.15) is 5.10 Å². The Morgan fingerprint density at radius 2 is 1.90 bits per heavy atom. The van der Waals surface area contributed by atoms with E-state index in [0.717, 1.165) is 17.0 Å². The van der Waals surface area contributed by atoms with Gasteiger partial charge in [-0.05, 0) is 30.0 Å². The van der Waals surface area contributed by atoms with E-state index < -0.39 is 0 Å². The van der Waals surface area contributed by atoms with Crippen molar-refractivity contribution in [1.29, 1.82) is 0 Å². The fraction of sp³-hybridized carbons (Fsp3) is 0.235. The number of fused-ring (bicyclic) bond motifs is 1. The molecule has 0 saturated carbocycles. The summed E-state index contributed by atoms with van der Waals surface area (Å²) in [5, 5.41) is 10.8. The summed E-state index contributed by atoms with van der Waals surface area (Å²) in [4.78, 5) is 0. The molecular weight excluding hydrogens is 282 g/mol. The Labute approximate surface area is 129 Å². The molecule has 1 N–H and O–H groups in total. The molecule has 108 valence electrons. The van der Waals surface area contributed by atoms with Gasteiger partial charge in [0, 0.05) is 36.2 Å². The van der Waals surface area contributed by atoms with Crippen LogP contribution >= 0.6 is 11.6 Å². The molecule has 0 saturated heterocycles. The first kappa shape index (κ1) is 14.1. The Kier molecular flexibility index (Phi) is 3.95. The van der Waals surface area contributed by atoms with Crippen molar-refractivity contribution in [3.8, 4) is 0 Å². The minimum Gasteiger partial charge on any atom is -0.305 e. The van der Waals surface area contributed by atoms with Gasteiger partial charge in [-0.15, -0.1) is 0 Å². The van der Waals surface area contributed by atoms with Crippen LogP contribution in [-0.2, 0) is 13.6 Å². The zero-order chi connectivity index (χ0) is 14.8. The lowest BCUT2D eigenvalue weighted by Gasteiger charge is -2.17. The van der Waals surface area contributed by atoms with E-state index in [1.54, 1.807) is 0 Å². The van der Waals surface area contributed by atoms with Crippen LogP contribution in [0.25, 0.3) is 10.8 Å². The minimum atomic E-state index is 0.238. The van der Waals surface area contributed by atoms with Gasteiger partial charge < -0.3 is 5.32 Å². The van der Waals surface area contributed by atoms with Crippen molar-refractivity contribution in [3.63, 3.8) is 0 Å². The maximum Gasteiger partial charge on any atom is 0.0518 e. The average molecular weight is 300 g/mol. The first-order valence-electron chi connectivity index (χ1n) is 7.04. The number of aromatic nitrogens is 2. The molecule has 2 aromatic carbocycles. The summed E-state index contributed by atoms with van der Waals surface area (Å²) in [7, 11) is 1.96. The van der Waals surface area contributed by atoms with Crippen LogP contribution in [0, 0.1) is 0 Å². The van der Waals surface area contributed by atoms with Crippen molar-refractivity contribution in [1.82, 2.24) is 15.1 Å². The third kappa shape index (κ3) is 2.80. The fourth-order valence-corrected chi connectivity index (χ4v) is 2.83. The third-order valence-electron chi connectivity index (χ3n) is 3.88. The molecule has 3 nitrogen and oxygen atoms in total. The lowest BCUT2D eigenvalue weighted by molar-refractivity contribution is 0.551. The van der Waals surface area contributed by atoms with E-state index >= 15 is 0 Å². The number of hydrogen-bond donors (Lipinski definition) is 1. The maximum atomic E-state index is 6.28. The van der Waals surface area contributed by atoms with E-state index in [0.29, 0.717) is 0 Å². The second-order valence-corrected chi connectivity index (χ2v) is 5.64. The topological polar surface area (TPSA) is 29.9 Å². The van der Waals surface area contributed by atoms with Crippen molar-refractivity contribution < 1.29 is 0 Å². The largest absolute Gasteiger partial charge is 0.305 e. The van der Waals surface area contributed by atoms with Gasteiger partial charge in [-0.25, -0.2) is 0 Å². The lowest BCUT2D eigenvalue weighted by Crippen LogP contribution is -2.20. The van der Waals surface area contributed by atoms with Crippen molar-refractivity contribution in [2.75, 3.05) is 0 Å². The van der Waals surface area contributed by atoms with E-state index in [1.165, 1.54) is 16.6 Å². The number of benzene rings is 2. The lowest BCUT2D eigenvalue weighted by atomic mass is 9.99. The molecule has 1 heterocycles. The van der Waals surface area contributed by atoms with E-state index in [1.807, 2.05) is 36.1 Å². The highest BCUT2D eigenvalue weighted by Gasteiger charge is 2.11. The van der Waals surface area contributed by atoms with Crippen molar-refractivity contribution >= 4 is 22.4 Å². The Hall–Kier alpha value is -1.84. The Morgan fingerprint density at radius 3 is 2.62 bits per heavy atom. The zero-order valence-electron chi connectivity index (χ0n) is 12.2. The molecular formula is C17H18ClN3. The summed E-state index contributed by atoms with van der Waals surface area (Å²) in [6.07, 6.45) is 1.82. The zero-order valence-corrected chi connectivity index (χ0v) is 12.9. The van der Waals surface area contributed by atoms with Gasteiger partial charge in [0.15, 0.2) is 0 Å². The quantitative estimate of drug-likeness (QED) is 0.787. The first-order chi connectivity index (χ1) is 10.2. The van der Waals surface area contributed by atoms with Crippen molar-refractivity contribution in [2.45, 2.75) is 19.5 Å². The SMILES string of the molecule is CC(NCc1ccnn1C)c1ccc(Cl)c2ccccc12. The molecule has 21 heavy (non-hydrogen) atoms. The summed E-state index contributed by atoms with van der Waals surface area (Å²) in [6.45, 7) is 2.96. The highest BCUT2D eigenvalue weighted by Crippen LogP contribution is 2.29. The van der Waals surface area contributed by atoms with Crippen molar-refractivity contribution in [2.24, 2.45) is 7.05 Å². The first-order valence-corrected chi connectivity index (χ1v) is 7.42. The smallest absolute Gasteiger partial charge is 0.0518 e. The predicted octanol–water partition coefficient (Wildman–Crippen LogP) is 4.08. The summed E-state index contributed by atoms with van der Waals surface area (Å²) in [6, 6.07) is 14.6. The molecule has 1 atom stereocenters. The molecule has 3 rings (SSSR count). The molecule has 1 aromatic heterocycles. The van der Waals surface area contributed by atoms with Crippen LogP contribution in [0.3, 0.4) is 0 Å². The highest BCUT2D eigenvalue weighted by atomic mass is 35.5. The minimum absolute atomic E-state index is 0.238. The number of hydrogen-bond acceptors (Lipinski definition) is 2. The second-order valence-electron chi connectivity index (χ2n) is 5.23. The van der Waals surface area contributed by atoms with Crippen LogP contribution in [0.5, 0.6) is 0 Å². The summed E-state index contributed by atoms with van der Waals surface area (Å²) in [5.74, 6) is 0. The van der Waals surface area contributed by atoms with Crippen LogP contribution in [0.15, 0.2) is 48.7 Å². The van der Waals surface area contributed by atoms with Crippen LogP contribution in [0.4, 0.5) is 0 Å². The number of rotatable bonds is 4. The number of nitrogens with one attached hydrogen (secondary N) is 1. The van der Waals surface area contributed by atoms with Gasteiger partial charge in [0.25, 0.3) is 0 Å². The molecule has 0 amide bonds. The normalized spacial score (nSPS) is 12.7. The molecule has 0 bridgehead atoms. The van der Waals surface area contributed by atoms with Crippen LogP contribution in [0.1, 0.15) is 24.2 Å². The molecule has 1 unspecified atom stereocenters. The number of nitrogens with zero attached hydrogens (tertiary/aromatic N) is 2. The Bertz CT molecular complexity index is 764.